The van der Waals surface area contributed by atoms with E-state index >= 15 is 0 Å². The lowest BCUT2D eigenvalue weighted by atomic mass is 9.91. The molecule has 2 aromatic carbocycles. The zero-order chi connectivity index (χ0) is 18.8. The van der Waals surface area contributed by atoms with Gasteiger partial charge in [0.2, 0.25) is 5.91 Å². The minimum Gasteiger partial charge on any atom is -0.384 e. The highest BCUT2D eigenvalue weighted by molar-refractivity contribution is 6.10. The van der Waals surface area contributed by atoms with Gasteiger partial charge in [-0.15, -0.1) is 0 Å². The summed E-state index contributed by atoms with van der Waals surface area (Å²) in [7, 11) is 0. The number of amides is 1. The van der Waals surface area contributed by atoms with Crippen LogP contribution in [0, 0.1) is 12.3 Å². The fraction of sp³-hybridized carbons (Fsp3) is 0.222. The summed E-state index contributed by atoms with van der Waals surface area (Å²) in [5.74, 6) is -0.926. The van der Waals surface area contributed by atoms with Gasteiger partial charge in [-0.1, -0.05) is 36.8 Å². The van der Waals surface area contributed by atoms with E-state index in [1.165, 1.54) is 12.1 Å². The summed E-state index contributed by atoms with van der Waals surface area (Å²) in [6.45, 7) is 3.44. The molecule has 0 bridgehead atoms. The van der Waals surface area contributed by atoms with Crippen molar-refractivity contribution in [2.24, 2.45) is 5.73 Å². The summed E-state index contributed by atoms with van der Waals surface area (Å²) < 4.78 is 40.6. The number of carbonyl (C=O) groups is 1. The van der Waals surface area contributed by atoms with Crippen molar-refractivity contribution in [1.29, 1.82) is 5.41 Å². The fourth-order valence-corrected chi connectivity index (χ4v) is 2.48. The number of rotatable bonds is 4. The number of aryl methyl sites for hydroxylation is 1. The van der Waals surface area contributed by atoms with Crippen LogP contribution in [0.2, 0.25) is 0 Å². The molecule has 0 fully saturated rings. The summed E-state index contributed by atoms with van der Waals surface area (Å²) in [6.07, 6.45) is -4.48. The number of anilines is 1. The Morgan fingerprint density at radius 3 is 2.24 bits per heavy atom. The van der Waals surface area contributed by atoms with Crippen LogP contribution >= 0.6 is 0 Å². The van der Waals surface area contributed by atoms with E-state index in [1.54, 1.807) is 19.1 Å². The molecule has 132 valence electrons. The lowest BCUT2D eigenvalue weighted by Gasteiger charge is -2.20. The molecule has 0 spiro atoms. The minimum atomic E-state index is -4.63. The van der Waals surface area contributed by atoms with Crippen LogP contribution in [-0.2, 0) is 11.0 Å². The van der Waals surface area contributed by atoms with E-state index in [4.69, 9.17) is 11.1 Å². The van der Waals surface area contributed by atoms with Crippen LogP contribution in [0.25, 0.3) is 11.1 Å². The number of nitrogens with two attached hydrogens (primary N) is 1. The van der Waals surface area contributed by atoms with Crippen molar-refractivity contribution in [2.45, 2.75) is 26.4 Å². The molecule has 2 rings (SSSR count). The maximum absolute atomic E-state index is 13.5. The Balaban J connectivity index is 2.82. The predicted octanol–water partition coefficient (Wildman–Crippen LogP) is 4.31. The van der Waals surface area contributed by atoms with Crippen molar-refractivity contribution in [2.75, 3.05) is 5.32 Å². The molecular weight excluding hydrogens is 331 g/mol. The van der Waals surface area contributed by atoms with E-state index in [0.717, 1.165) is 17.7 Å². The molecule has 0 aliphatic heterocycles. The first-order chi connectivity index (χ1) is 11.6. The van der Waals surface area contributed by atoms with Gasteiger partial charge in [-0.25, -0.2) is 0 Å². The van der Waals surface area contributed by atoms with Gasteiger partial charge in [-0.05, 0) is 24.6 Å². The van der Waals surface area contributed by atoms with Crippen LogP contribution in [-0.4, -0.2) is 11.7 Å². The average molecular weight is 349 g/mol. The SMILES string of the molecule is CCC(=O)Nc1ccc(C(F)(F)F)c(-c2ccc(C)cc2)c1C(=N)N. The van der Waals surface area contributed by atoms with Crippen LogP contribution in [0.3, 0.4) is 0 Å². The van der Waals surface area contributed by atoms with Gasteiger partial charge in [0.05, 0.1) is 11.3 Å². The third-order valence-electron chi connectivity index (χ3n) is 3.72. The Labute approximate surface area is 143 Å². The number of nitrogen functional groups attached to an aromatic ring is 1. The number of benzene rings is 2. The van der Waals surface area contributed by atoms with Crippen molar-refractivity contribution >= 4 is 17.4 Å². The monoisotopic (exact) mass is 349 g/mol. The Bertz CT molecular complexity index is 812. The average Bonchev–Trinajstić information content (AvgIpc) is 2.53. The third kappa shape index (κ3) is 3.99. The molecule has 0 aromatic heterocycles. The van der Waals surface area contributed by atoms with E-state index < -0.39 is 17.6 Å². The van der Waals surface area contributed by atoms with E-state index in [2.05, 4.69) is 5.32 Å². The number of alkyl halides is 3. The second-order valence-corrected chi connectivity index (χ2v) is 5.59. The Kier molecular flexibility index (Phi) is 5.15. The third-order valence-corrected chi connectivity index (χ3v) is 3.72. The molecular formula is C18H18F3N3O. The van der Waals surface area contributed by atoms with Gasteiger partial charge < -0.3 is 11.1 Å². The molecule has 0 atom stereocenters. The standard InChI is InChI=1S/C18H18F3N3O/c1-3-14(25)24-13-9-8-12(18(19,20)21)15(16(13)17(22)23)11-6-4-10(2)5-7-11/h4-9H,3H2,1-2H3,(H3,22,23)(H,24,25). The van der Waals surface area contributed by atoms with E-state index in [0.29, 0.717) is 0 Å². The van der Waals surface area contributed by atoms with Gasteiger partial charge in [0, 0.05) is 17.5 Å². The largest absolute Gasteiger partial charge is 0.417 e. The number of halogens is 3. The van der Waals surface area contributed by atoms with Crippen LogP contribution in [0.1, 0.15) is 30.0 Å². The number of hydrogen-bond donors (Lipinski definition) is 3. The van der Waals surface area contributed by atoms with Gasteiger partial charge in [-0.2, -0.15) is 13.2 Å². The number of hydrogen-bond acceptors (Lipinski definition) is 2. The predicted molar refractivity (Wildman–Crippen MR) is 91.6 cm³/mol. The summed E-state index contributed by atoms with van der Waals surface area (Å²) in [6, 6.07) is 8.46. The molecule has 0 saturated carbocycles. The van der Waals surface area contributed by atoms with Gasteiger partial charge >= 0.3 is 6.18 Å². The van der Waals surface area contributed by atoms with E-state index in [1.807, 2.05) is 6.92 Å². The fourth-order valence-electron chi connectivity index (χ4n) is 2.48. The van der Waals surface area contributed by atoms with Crippen molar-refractivity contribution in [1.82, 2.24) is 0 Å². The first-order valence-corrected chi connectivity index (χ1v) is 7.60. The smallest absolute Gasteiger partial charge is 0.384 e. The van der Waals surface area contributed by atoms with E-state index in [9.17, 15) is 18.0 Å². The van der Waals surface area contributed by atoms with Crippen molar-refractivity contribution < 1.29 is 18.0 Å². The highest BCUT2D eigenvalue weighted by atomic mass is 19.4. The highest BCUT2D eigenvalue weighted by Crippen LogP contribution is 2.41. The number of carbonyl (C=O) groups excluding carboxylic acids is 1. The van der Waals surface area contributed by atoms with Crippen LogP contribution < -0.4 is 11.1 Å². The Morgan fingerprint density at radius 1 is 1.16 bits per heavy atom. The molecule has 7 heteroatoms. The molecule has 2 aromatic rings. The van der Waals surface area contributed by atoms with Crippen LogP contribution in [0.15, 0.2) is 36.4 Å². The second kappa shape index (κ2) is 6.96. The van der Waals surface area contributed by atoms with Gasteiger partial charge in [0.15, 0.2) is 0 Å². The summed E-state index contributed by atoms with van der Waals surface area (Å²) in [4.78, 5) is 11.7. The highest BCUT2D eigenvalue weighted by Gasteiger charge is 2.36. The maximum Gasteiger partial charge on any atom is 0.417 e. The molecule has 1 amide bonds. The van der Waals surface area contributed by atoms with Crippen molar-refractivity contribution in [3.8, 4) is 11.1 Å². The molecule has 4 nitrogen and oxygen atoms in total. The van der Waals surface area contributed by atoms with Gasteiger partial charge in [0.25, 0.3) is 0 Å². The Morgan fingerprint density at radius 2 is 1.76 bits per heavy atom. The molecule has 4 N–H and O–H groups in total. The van der Waals surface area contributed by atoms with Crippen molar-refractivity contribution in [3.05, 3.63) is 53.1 Å². The normalized spacial score (nSPS) is 11.2. The summed E-state index contributed by atoms with van der Waals surface area (Å²) >= 11 is 0. The lowest BCUT2D eigenvalue weighted by molar-refractivity contribution is -0.137. The van der Waals surface area contributed by atoms with E-state index in [-0.39, 0.29) is 34.7 Å². The van der Waals surface area contributed by atoms with Gasteiger partial charge in [-0.3, -0.25) is 10.2 Å². The van der Waals surface area contributed by atoms with Crippen molar-refractivity contribution in [3.63, 3.8) is 0 Å². The molecule has 0 heterocycles. The summed E-state index contributed by atoms with van der Waals surface area (Å²) in [5, 5.41) is 10.3. The molecule has 25 heavy (non-hydrogen) atoms. The van der Waals surface area contributed by atoms with Crippen LogP contribution in [0.4, 0.5) is 18.9 Å². The number of nitrogens with one attached hydrogen (secondary N) is 2. The first-order valence-electron chi connectivity index (χ1n) is 7.60. The zero-order valence-electron chi connectivity index (χ0n) is 13.8. The quantitative estimate of drug-likeness (QED) is 0.568. The maximum atomic E-state index is 13.5. The second-order valence-electron chi connectivity index (χ2n) is 5.59. The molecule has 0 aliphatic carbocycles. The lowest BCUT2D eigenvalue weighted by Crippen LogP contribution is -2.21. The number of amidine groups is 1. The molecule has 0 radical (unpaired) electrons. The molecule has 0 saturated heterocycles. The molecule has 0 unspecified atom stereocenters. The molecule has 0 aliphatic rings. The van der Waals surface area contributed by atoms with Crippen LogP contribution in [0.5, 0.6) is 0 Å². The first kappa shape index (κ1) is 18.5. The Hall–Kier alpha value is -2.83. The summed E-state index contributed by atoms with van der Waals surface area (Å²) in [5.41, 5.74) is 5.56. The minimum absolute atomic E-state index is 0.0860. The zero-order valence-corrected chi connectivity index (χ0v) is 13.8. The topological polar surface area (TPSA) is 79.0 Å². The van der Waals surface area contributed by atoms with Gasteiger partial charge in [0.1, 0.15) is 5.84 Å².